The highest BCUT2D eigenvalue weighted by Gasteiger charge is 2.13. The van der Waals surface area contributed by atoms with Crippen LogP contribution in [0.4, 0.5) is 0 Å². The fourth-order valence-corrected chi connectivity index (χ4v) is 2.98. The highest BCUT2D eigenvalue weighted by Crippen LogP contribution is 2.31. The fourth-order valence-electron chi connectivity index (χ4n) is 2.16. The first-order valence-electron chi connectivity index (χ1n) is 7.28. The zero-order valence-corrected chi connectivity index (χ0v) is 14.3. The Hall–Kier alpha value is -1.32. The summed E-state index contributed by atoms with van der Waals surface area (Å²) in [5, 5.41) is 4.24. The van der Waals surface area contributed by atoms with E-state index in [4.69, 9.17) is 0 Å². The third kappa shape index (κ3) is 4.32. The maximum atomic E-state index is 4.59. The molecule has 2 nitrogen and oxygen atoms in total. The van der Waals surface area contributed by atoms with E-state index in [-0.39, 0.29) is 5.41 Å². The highest BCUT2D eigenvalue weighted by molar-refractivity contribution is 7.99. The van der Waals surface area contributed by atoms with Crippen LogP contribution in [0.15, 0.2) is 46.5 Å². The highest BCUT2D eigenvalue weighted by atomic mass is 32.2. The number of aromatic nitrogens is 1. The molecule has 1 aromatic heterocycles. The van der Waals surface area contributed by atoms with Crippen molar-refractivity contribution in [3.8, 4) is 0 Å². The molecule has 0 radical (unpaired) electrons. The fraction of sp³-hybridized carbons (Fsp3) is 0.389. The molecule has 0 bridgehead atoms. The van der Waals surface area contributed by atoms with Crippen LogP contribution in [0.25, 0.3) is 0 Å². The maximum Gasteiger partial charge on any atom is 0.104 e. The van der Waals surface area contributed by atoms with Crippen LogP contribution < -0.4 is 5.32 Å². The van der Waals surface area contributed by atoms with Gasteiger partial charge in [-0.3, -0.25) is 0 Å². The third-order valence-corrected chi connectivity index (χ3v) is 4.53. The van der Waals surface area contributed by atoms with Crippen LogP contribution in [0, 0.1) is 6.92 Å². The molecule has 21 heavy (non-hydrogen) atoms. The molecule has 0 saturated carbocycles. The average molecular weight is 300 g/mol. The Labute approximate surface area is 132 Å². The van der Waals surface area contributed by atoms with E-state index in [0.717, 1.165) is 11.6 Å². The largest absolute Gasteiger partial charge is 0.316 e. The van der Waals surface area contributed by atoms with Gasteiger partial charge in [0, 0.05) is 17.6 Å². The van der Waals surface area contributed by atoms with Crippen LogP contribution in [0.5, 0.6) is 0 Å². The van der Waals surface area contributed by atoms with Gasteiger partial charge in [0.2, 0.25) is 0 Å². The minimum absolute atomic E-state index is 0.201. The molecule has 112 valence electrons. The summed E-state index contributed by atoms with van der Waals surface area (Å²) in [7, 11) is 1.95. The molecule has 0 spiro atoms. The van der Waals surface area contributed by atoms with Gasteiger partial charge in [-0.05, 0) is 48.2 Å². The molecule has 1 aromatic carbocycles. The Kier molecular flexibility index (Phi) is 5.07. The number of hydrogen-bond donors (Lipinski definition) is 1. The van der Waals surface area contributed by atoms with Crippen LogP contribution in [0.2, 0.25) is 0 Å². The van der Waals surface area contributed by atoms with Crippen LogP contribution in [0.1, 0.15) is 37.5 Å². The van der Waals surface area contributed by atoms with E-state index >= 15 is 0 Å². The number of hydrogen-bond acceptors (Lipinski definition) is 3. The van der Waals surface area contributed by atoms with Crippen LogP contribution >= 0.6 is 11.8 Å². The van der Waals surface area contributed by atoms with Crippen molar-refractivity contribution in [3.05, 3.63) is 53.2 Å². The first-order chi connectivity index (χ1) is 9.90. The van der Waals surface area contributed by atoms with Gasteiger partial charge >= 0.3 is 0 Å². The molecule has 0 fully saturated rings. The van der Waals surface area contributed by atoms with E-state index in [1.54, 1.807) is 11.8 Å². The standard InChI is InChI=1S/C18H24N2S/c1-13-10-14(11-19-5)12-20-17(13)21-16-8-6-15(7-9-16)18(2,3)4/h6-10,12,19H,11H2,1-5H3. The molecule has 1 heterocycles. The third-order valence-electron chi connectivity index (χ3n) is 3.40. The van der Waals surface area contributed by atoms with E-state index in [1.165, 1.54) is 21.6 Å². The molecule has 1 N–H and O–H groups in total. The van der Waals surface area contributed by atoms with Gasteiger partial charge in [0.1, 0.15) is 5.03 Å². The van der Waals surface area contributed by atoms with Gasteiger partial charge in [-0.1, -0.05) is 50.7 Å². The van der Waals surface area contributed by atoms with Gasteiger partial charge in [-0.25, -0.2) is 4.98 Å². The molecular weight excluding hydrogens is 276 g/mol. The van der Waals surface area contributed by atoms with Crippen LogP contribution in [-0.4, -0.2) is 12.0 Å². The minimum atomic E-state index is 0.201. The summed E-state index contributed by atoms with van der Waals surface area (Å²) < 4.78 is 0. The normalized spacial score (nSPS) is 11.7. The van der Waals surface area contributed by atoms with Crippen molar-refractivity contribution in [1.82, 2.24) is 10.3 Å². The van der Waals surface area contributed by atoms with Crippen molar-refractivity contribution < 1.29 is 0 Å². The van der Waals surface area contributed by atoms with Crippen molar-refractivity contribution in [2.24, 2.45) is 0 Å². The summed E-state index contributed by atoms with van der Waals surface area (Å²) in [6.07, 6.45) is 1.95. The van der Waals surface area contributed by atoms with Crippen molar-refractivity contribution in [2.75, 3.05) is 7.05 Å². The molecule has 3 heteroatoms. The zero-order valence-electron chi connectivity index (χ0n) is 13.5. The molecule has 2 aromatic rings. The topological polar surface area (TPSA) is 24.9 Å². The Morgan fingerprint density at radius 3 is 2.33 bits per heavy atom. The Morgan fingerprint density at radius 1 is 1.14 bits per heavy atom. The molecule has 0 unspecified atom stereocenters. The molecular formula is C18H24N2S. The molecule has 0 saturated heterocycles. The second-order valence-electron chi connectivity index (χ2n) is 6.37. The molecule has 0 aliphatic rings. The predicted molar refractivity (Wildman–Crippen MR) is 91.0 cm³/mol. The number of aryl methyl sites for hydroxylation is 1. The molecule has 0 aliphatic heterocycles. The summed E-state index contributed by atoms with van der Waals surface area (Å²) in [6.45, 7) is 9.70. The van der Waals surface area contributed by atoms with Gasteiger partial charge < -0.3 is 5.32 Å². The van der Waals surface area contributed by atoms with Gasteiger partial charge in [-0.15, -0.1) is 0 Å². The monoisotopic (exact) mass is 300 g/mol. The van der Waals surface area contributed by atoms with E-state index in [1.807, 2.05) is 13.2 Å². The quantitative estimate of drug-likeness (QED) is 0.896. The first-order valence-corrected chi connectivity index (χ1v) is 8.10. The van der Waals surface area contributed by atoms with Crippen molar-refractivity contribution in [2.45, 2.75) is 49.6 Å². The predicted octanol–water partition coefficient (Wildman–Crippen LogP) is 4.56. The summed E-state index contributed by atoms with van der Waals surface area (Å²) >= 11 is 1.73. The molecule has 0 amide bonds. The van der Waals surface area contributed by atoms with Gasteiger partial charge in [0.05, 0.1) is 0 Å². The zero-order chi connectivity index (χ0) is 15.5. The maximum absolute atomic E-state index is 4.59. The summed E-state index contributed by atoms with van der Waals surface area (Å²) in [4.78, 5) is 5.82. The first kappa shape index (κ1) is 16.1. The van der Waals surface area contributed by atoms with E-state index in [9.17, 15) is 0 Å². The number of nitrogens with one attached hydrogen (secondary N) is 1. The number of rotatable bonds is 4. The van der Waals surface area contributed by atoms with Crippen molar-refractivity contribution in [1.29, 1.82) is 0 Å². The van der Waals surface area contributed by atoms with Gasteiger partial charge in [0.25, 0.3) is 0 Å². The lowest BCUT2D eigenvalue weighted by molar-refractivity contribution is 0.590. The van der Waals surface area contributed by atoms with Crippen molar-refractivity contribution >= 4 is 11.8 Å². The minimum Gasteiger partial charge on any atom is -0.316 e. The Balaban J connectivity index is 2.15. The molecule has 0 aliphatic carbocycles. The number of pyridine rings is 1. The number of benzene rings is 1. The van der Waals surface area contributed by atoms with E-state index < -0.39 is 0 Å². The van der Waals surface area contributed by atoms with Crippen LogP contribution in [0.3, 0.4) is 0 Å². The lowest BCUT2D eigenvalue weighted by Crippen LogP contribution is -2.10. The van der Waals surface area contributed by atoms with E-state index in [0.29, 0.717) is 0 Å². The van der Waals surface area contributed by atoms with Crippen molar-refractivity contribution in [3.63, 3.8) is 0 Å². The average Bonchev–Trinajstić information content (AvgIpc) is 2.42. The Morgan fingerprint density at radius 2 is 1.81 bits per heavy atom. The molecule has 0 atom stereocenters. The summed E-state index contributed by atoms with van der Waals surface area (Å²) in [5.74, 6) is 0. The molecule has 2 rings (SSSR count). The van der Waals surface area contributed by atoms with Crippen LogP contribution in [-0.2, 0) is 12.0 Å². The Bertz CT molecular complexity index is 598. The number of nitrogens with zero attached hydrogens (tertiary/aromatic N) is 1. The lowest BCUT2D eigenvalue weighted by atomic mass is 9.87. The van der Waals surface area contributed by atoms with E-state index in [2.05, 4.69) is 68.3 Å². The second kappa shape index (κ2) is 6.63. The van der Waals surface area contributed by atoms with Gasteiger partial charge in [-0.2, -0.15) is 0 Å². The smallest absolute Gasteiger partial charge is 0.104 e. The lowest BCUT2D eigenvalue weighted by Gasteiger charge is -2.19. The SMILES string of the molecule is CNCc1cnc(Sc2ccc(C(C)(C)C)cc2)c(C)c1. The summed E-state index contributed by atoms with van der Waals surface area (Å²) in [6, 6.07) is 11.0. The van der Waals surface area contributed by atoms with Gasteiger partial charge in [0.15, 0.2) is 0 Å². The summed E-state index contributed by atoms with van der Waals surface area (Å²) in [5.41, 5.74) is 4.02. The second-order valence-corrected chi connectivity index (χ2v) is 7.43.